The van der Waals surface area contributed by atoms with Gasteiger partial charge in [-0.1, -0.05) is 6.07 Å². The van der Waals surface area contributed by atoms with Crippen molar-refractivity contribution in [2.24, 2.45) is 10.9 Å². The maximum absolute atomic E-state index is 15.5. The minimum atomic E-state index is -1.11. The van der Waals surface area contributed by atoms with Gasteiger partial charge in [0.1, 0.15) is 11.3 Å². The Balaban J connectivity index is 1.23. The molecule has 0 bridgehead atoms. The molecule has 0 unspecified atom stereocenters. The number of aliphatic imine (C=N–C) groups is 1. The number of nitrogens with zero attached hydrogens (tertiary/aromatic N) is 3. The van der Waals surface area contributed by atoms with Crippen molar-refractivity contribution in [1.82, 2.24) is 4.90 Å². The highest BCUT2D eigenvalue weighted by atomic mass is 32.1. The number of fused-ring (bicyclic) bond motifs is 1. The van der Waals surface area contributed by atoms with Crippen molar-refractivity contribution in [3.8, 4) is 0 Å². The van der Waals surface area contributed by atoms with E-state index in [0.29, 0.717) is 19.3 Å². The van der Waals surface area contributed by atoms with E-state index in [2.05, 4.69) is 44.4 Å². The van der Waals surface area contributed by atoms with Crippen LogP contribution in [0.3, 0.4) is 0 Å². The molecule has 0 N–H and O–H groups in total. The van der Waals surface area contributed by atoms with Gasteiger partial charge in [-0.25, -0.2) is 9.18 Å². The normalized spacial score (nSPS) is 25.1. The van der Waals surface area contributed by atoms with E-state index in [-0.39, 0.29) is 5.92 Å². The molecular weight excluding hydrogens is 449 g/mol. The van der Waals surface area contributed by atoms with Crippen molar-refractivity contribution in [1.29, 1.82) is 0 Å². The van der Waals surface area contributed by atoms with Crippen LogP contribution in [0.2, 0.25) is 0 Å². The molecule has 2 fully saturated rings. The number of hydrogen-bond acceptors (Lipinski definition) is 5. The quantitative estimate of drug-likeness (QED) is 0.440. The molecule has 2 aliphatic rings. The molecule has 1 aromatic heterocycles. The summed E-state index contributed by atoms with van der Waals surface area (Å²) in [5.74, 6) is 0.156. The van der Waals surface area contributed by atoms with Crippen molar-refractivity contribution in [3.05, 3.63) is 29.6 Å². The zero-order chi connectivity index (χ0) is 24.2. The SMILES string of the molecule is CC(C)(C)OC(=O)/N=C/C1CCC(F)(CCN2CCCN(c3cccc4sccc34)CC2)CC1. The van der Waals surface area contributed by atoms with Crippen LogP contribution in [0.25, 0.3) is 10.1 Å². The molecule has 2 aromatic rings. The van der Waals surface area contributed by atoms with Gasteiger partial charge < -0.3 is 14.5 Å². The van der Waals surface area contributed by atoms with Gasteiger partial charge in [0.25, 0.3) is 0 Å². The predicted octanol–water partition coefficient (Wildman–Crippen LogP) is 6.71. The number of anilines is 1. The number of halogens is 1. The summed E-state index contributed by atoms with van der Waals surface area (Å²) in [5.41, 5.74) is -0.324. The minimum Gasteiger partial charge on any atom is -0.442 e. The third-order valence-corrected chi connectivity index (χ3v) is 7.87. The molecular formula is C27H38FN3O2S. The number of carbonyl (C=O) groups excluding carboxylic acids is 1. The Morgan fingerprint density at radius 1 is 1.21 bits per heavy atom. The molecule has 7 heteroatoms. The van der Waals surface area contributed by atoms with Crippen LogP contribution in [-0.2, 0) is 4.74 Å². The Labute approximate surface area is 207 Å². The van der Waals surface area contributed by atoms with Crippen LogP contribution in [-0.4, -0.2) is 61.2 Å². The topological polar surface area (TPSA) is 45.1 Å². The van der Waals surface area contributed by atoms with E-state index >= 15 is 4.39 Å². The van der Waals surface area contributed by atoms with Crippen molar-refractivity contribution < 1.29 is 13.9 Å². The van der Waals surface area contributed by atoms with Crippen molar-refractivity contribution in [3.63, 3.8) is 0 Å². The summed E-state index contributed by atoms with van der Waals surface area (Å²) in [7, 11) is 0. The monoisotopic (exact) mass is 487 g/mol. The third-order valence-electron chi connectivity index (χ3n) is 6.99. The molecule has 1 saturated heterocycles. The molecule has 0 spiro atoms. The first kappa shape index (κ1) is 25.1. The van der Waals surface area contributed by atoms with Crippen LogP contribution in [0.1, 0.15) is 59.3 Å². The summed E-state index contributed by atoms with van der Waals surface area (Å²) in [4.78, 5) is 20.7. The van der Waals surface area contributed by atoms with Crippen LogP contribution in [0.15, 0.2) is 34.6 Å². The largest absolute Gasteiger partial charge is 0.442 e. The highest BCUT2D eigenvalue weighted by molar-refractivity contribution is 7.17. The van der Waals surface area contributed by atoms with Gasteiger partial charge in [0, 0.05) is 48.2 Å². The second kappa shape index (κ2) is 10.7. The number of amides is 1. The lowest BCUT2D eigenvalue weighted by molar-refractivity contribution is 0.0601. The zero-order valence-corrected chi connectivity index (χ0v) is 21.6. The number of carbonyl (C=O) groups is 1. The summed E-state index contributed by atoms with van der Waals surface area (Å²) >= 11 is 1.79. The molecule has 1 amide bonds. The molecule has 1 aliphatic heterocycles. The first-order valence-corrected chi connectivity index (χ1v) is 13.5. The smallest absolute Gasteiger partial charge is 0.433 e. The highest BCUT2D eigenvalue weighted by Gasteiger charge is 2.35. The van der Waals surface area contributed by atoms with Crippen LogP contribution in [0, 0.1) is 5.92 Å². The van der Waals surface area contributed by atoms with E-state index in [0.717, 1.165) is 52.0 Å². The fraction of sp³-hybridized carbons (Fsp3) is 0.630. The molecule has 1 saturated carbocycles. The summed E-state index contributed by atoms with van der Waals surface area (Å²) < 4.78 is 22.1. The van der Waals surface area contributed by atoms with Crippen molar-refractivity contribution in [2.45, 2.75) is 70.6 Å². The average molecular weight is 488 g/mol. The molecule has 5 nitrogen and oxygen atoms in total. The minimum absolute atomic E-state index is 0.156. The zero-order valence-electron chi connectivity index (χ0n) is 20.8. The molecule has 34 heavy (non-hydrogen) atoms. The number of thiophene rings is 1. The van der Waals surface area contributed by atoms with Crippen molar-refractivity contribution in [2.75, 3.05) is 37.6 Å². The maximum atomic E-state index is 15.5. The number of rotatable bonds is 5. The standard InChI is InChI=1S/C27H38FN3O2S/c1-26(2,3)33-25(32)29-20-21-8-11-27(28,12-9-21)13-16-30-14-5-15-31(18-17-30)23-6-4-7-24-22(23)10-19-34-24/h4,6-7,10,19-21H,5,8-9,11-18H2,1-3H3/b29-20+. The van der Waals surface area contributed by atoms with Crippen LogP contribution >= 0.6 is 11.3 Å². The van der Waals surface area contributed by atoms with E-state index in [4.69, 9.17) is 4.74 Å². The van der Waals surface area contributed by atoms with Gasteiger partial charge in [-0.3, -0.25) is 0 Å². The number of ether oxygens (including phenoxy) is 1. The van der Waals surface area contributed by atoms with Gasteiger partial charge in [-0.2, -0.15) is 4.99 Å². The van der Waals surface area contributed by atoms with Crippen molar-refractivity contribution >= 4 is 39.4 Å². The van der Waals surface area contributed by atoms with Gasteiger partial charge in [-0.15, -0.1) is 11.3 Å². The van der Waals surface area contributed by atoms with Gasteiger partial charge in [-0.05, 0) is 95.3 Å². The van der Waals surface area contributed by atoms with Gasteiger partial charge in [0.15, 0.2) is 0 Å². The lowest BCUT2D eigenvalue weighted by Crippen LogP contribution is -2.37. The number of hydrogen-bond donors (Lipinski definition) is 0. The Morgan fingerprint density at radius 2 is 2.00 bits per heavy atom. The fourth-order valence-corrected chi connectivity index (χ4v) is 5.87. The number of benzene rings is 1. The average Bonchev–Trinajstić information content (AvgIpc) is 3.14. The predicted molar refractivity (Wildman–Crippen MR) is 140 cm³/mol. The first-order valence-electron chi connectivity index (χ1n) is 12.6. The van der Waals surface area contributed by atoms with Gasteiger partial charge in [0.2, 0.25) is 0 Å². The Bertz CT molecular complexity index is 991. The Hall–Kier alpha value is -1.99. The lowest BCUT2D eigenvalue weighted by Gasteiger charge is -2.34. The van der Waals surface area contributed by atoms with Crippen LogP contribution < -0.4 is 4.90 Å². The first-order chi connectivity index (χ1) is 16.2. The second-order valence-corrected chi connectivity index (χ2v) is 11.7. The summed E-state index contributed by atoms with van der Waals surface area (Å²) in [6.07, 6.45) is 5.35. The molecule has 1 aromatic carbocycles. The molecule has 0 atom stereocenters. The van der Waals surface area contributed by atoms with Gasteiger partial charge >= 0.3 is 6.09 Å². The fourth-order valence-electron chi connectivity index (χ4n) is 5.06. The van der Waals surface area contributed by atoms with E-state index in [1.54, 1.807) is 17.6 Å². The maximum Gasteiger partial charge on any atom is 0.433 e. The van der Waals surface area contributed by atoms with Gasteiger partial charge in [0.05, 0.1) is 0 Å². The highest BCUT2D eigenvalue weighted by Crippen LogP contribution is 2.37. The molecule has 2 heterocycles. The lowest BCUT2D eigenvalue weighted by atomic mass is 9.78. The van der Waals surface area contributed by atoms with E-state index in [1.807, 2.05) is 20.8 Å². The Morgan fingerprint density at radius 3 is 2.76 bits per heavy atom. The molecule has 4 rings (SSSR count). The summed E-state index contributed by atoms with van der Waals surface area (Å²) in [5, 5.41) is 3.51. The number of alkyl halides is 1. The van der Waals surface area contributed by atoms with Crippen LogP contribution in [0.5, 0.6) is 0 Å². The van der Waals surface area contributed by atoms with Crippen LogP contribution in [0.4, 0.5) is 14.9 Å². The second-order valence-electron chi connectivity index (χ2n) is 10.8. The molecule has 0 radical (unpaired) electrons. The summed E-state index contributed by atoms with van der Waals surface area (Å²) in [6, 6.07) is 8.79. The van der Waals surface area contributed by atoms with E-state index in [1.165, 1.54) is 15.8 Å². The third kappa shape index (κ3) is 6.79. The van der Waals surface area contributed by atoms with E-state index in [9.17, 15) is 4.79 Å². The molecule has 186 valence electrons. The summed E-state index contributed by atoms with van der Waals surface area (Å²) in [6.45, 7) is 10.3. The Kier molecular flexibility index (Phi) is 7.93. The molecule has 1 aliphatic carbocycles. The van der Waals surface area contributed by atoms with E-state index < -0.39 is 17.4 Å².